The largest absolute Gasteiger partial charge is 0.465 e. The van der Waals surface area contributed by atoms with E-state index in [1.165, 1.54) is 4.90 Å². The van der Waals surface area contributed by atoms with Crippen molar-refractivity contribution in [1.82, 2.24) is 4.90 Å². The van der Waals surface area contributed by atoms with Crippen molar-refractivity contribution in [3.63, 3.8) is 0 Å². The number of primary sulfonamides is 1. The topological polar surface area (TPSA) is 118 Å². The molecule has 2 rings (SSSR count). The highest BCUT2D eigenvalue weighted by Crippen LogP contribution is 2.24. The molecular formula is C12H15FN2O5S2. The summed E-state index contributed by atoms with van der Waals surface area (Å²) in [5, 5.41) is 13.4. The summed E-state index contributed by atoms with van der Waals surface area (Å²) < 4.78 is 48.6. The Hall–Kier alpha value is -1.52. The second kappa shape index (κ2) is 6.31. The van der Waals surface area contributed by atoms with E-state index in [4.69, 9.17) is 10.2 Å². The fraction of sp³-hybridized carbons (Fsp3) is 0.417. The number of halogens is 1. The number of nitrogens with zero attached hydrogens (tertiary/aromatic N) is 1. The molecule has 10 heteroatoms. The van der Waals surface area contributed by atoms with Crippen molar-refractivity contribution in [3.8, 4) is 0 Å². The predicted molar refractivity (Wildman–Crippen MR) is 76.8 cm³/mol. The number of piperidine rings is 1. The summed E-state index contributed by atoms with van der Waals surface area (Å²) in [4.78, 5) is 11.5. The van der Waals surface area contributed by atoms with Gasteiger partial charge in [-0.25, -0.2) is 22.7 Å². The Bertz CT molecular complexity index is 714. The number of hydrogen-bond donors (Lipinski definition) is 2. The zero-order valence-corrected chi connectivity index (χ0v) is 13.1. The van der Waals surface area contributed by atoms with Gasteiger partial charge in [0.15, 0.2) is 0 Å². The quantitative estimate of drug-likeness (QED) is 0.833. The third-order valence-electron chi connectivity index (χ3n) is 3.46. The molecule has 0 aromatic heterocycles. The Balaban J connectivity index is 2.16. The molecule has 3 N–H and O–H groups in total. The van der Waals surface area contributed by atoms with E-state index in [2.05, 4.69) is 0 Å². The van der Waals surface area contributed by atoms with E-state index in [9.17, 15) is 21.8 Å². The van der Waals surface area contributed by atoms with Gasteiger partial charge >= 0.3 is 6.09 Å². The van der Waals surface area contributed by atoms with Crippen LogP contribution in [0.4, 0.5) is 9.18 Å². The van der Waals surface area contributed by atoms with Gasteiger partial charge in [0.2, 0.25) is 10.0 Å². The minimum Gasteiger partial charge on any atom is -0.465 e. The molecule has 1 aromatic rings. The summed E-state index contributed by atoms with van der Waals surface area (Å²) in [6, 6.07) is 3.00. The van der Waals surface area contributed by atoms with Crippen molar-refractivity contribution >= 4 is 26.9 Å². The highest BCUT2D eigenvalue weighted by Gasteiger charge is 2.28. The number of benzene rings is 1. The number of carbonyl (C=O) groups is 1. The van der Waals surface area contributed by atoms with Gasteiger partial charge in [-0.1, -0.05) is 0 Å². The first-order chi connectivity index (χ1) is 10.2. The lowest BCUT2D eigenvalue weighted by atomic mass is 10.1. The molecule has 122 valence electrons. The maximum Gasteiger partial charge on any atom is 0.407 e. The first kappa shape index (κ1) is 16.8. The maximum atomic E-state index is 14.0. The number of sulfonamides is 1. The highest BCUT2D eigenvalue weighted by atomic mass is 32.2. The molecule has 1 fully saturated rings. The van der Waals surface area contributed by atoms with Gasteiger partial charge in [-0.15, -0.1) is 0 Å². The minimum atomic E-state index is -4.02. The average molecular weight is 350 g/mol. The Morgan fingerprint density at radius 2 is 1.95 bits per heavy atom. The van der Waals surface area contributed by atoms with Gasteiger partial charge in [0.25, 0.3) is 0 Å². The van der Waals surface area contributed by atoms with E-state index in [0.29, 0.717) is 12.8 Å². The normalized spacial score (nSPS) is 18.2. The lowest BCUT2D eigenvalue weighted by Crippen LogP contribution is -2.40. The molecule has 1 amide bonds. The SMILES string of the molecule is NS(=O)(=O)c1ccc(S(=O)C2CCN(C(=O)O)CC2)c(F)c1. The molecule has 1 aliphatic heterocycles. The van der Waals surface area contributed by atoms with Gasteiger partial charge in [0, 0.05) is 18.3 Å². The molecule has 0 saturated carbocycles. The van der Waals surface area contributed by atoms with E-state index in [0.717, 1.165) is 18.2 Å². The van der Waals surface area contributed by atoms with Crippen molar-refractivity contribution in [3.05, 3.63) is 24.0 Å². The van der Waals surface area contributed by atoms with Gasteiger partial charge < -0.3 is 10.0 Å². The Morgan fingerprint density at radius 3 is 2.41 bits per heavy atom. The van der Waals surface area contributed by atoms with Crippen molar-refractivity contribution in [2.75, 3.05) is 13.1 Å². The van der Waals surface area contributed by atoms with Gasteiger partial charge in [0.05, 0.1) is 20.6 Å². The molecule has 1 aliphatic rings. The molecule has 7 nitrogen and oxygen atoms in total. The summed E-state index contributed by atoms with van der Waals surface area (Å²) in [5.74, 6) is -0.898. The van der Waals surface area contributed by atoms with E-state index in [1.807, 2.05) is 0 Å². The van der Waals surface area contributed by atoms with E-state index in [1.54, 1.807) is 0 Å². The van der Waals surface area contributed by atoms with Crippen LogP contribution in [0.15, 0.2) is 28.0 Å². The van der Waals surface area contributed by atoms with Crippen LogP contribution < -0.4 is 5.14 Å². The summed E-state index contributed by atoms with van der Waals surface area (Å²) >= 11 is 0. The molecule has 1 heterocycles. The zero-order chi connectivity index (χ0) is 16.5. The van der Waals surface area contributed by atoms with Crippen LogP contribution in [0.3, 0.4) is 0 Å². The fourth-order valence-corrected chi connectivity index (χ4v) is 4.24. The van der Waals surface area contributed by atoms with Crippen molar-refractivity contribution in [2.45, 2.75) is 27.9 Å². The molecule has 1 aromatic carbocycles. The maximum absolute atomic E-state index is 14.0. The van der Waals surface area contributed by atoms with Gasteiger partial charge in [-0.05, 0) is 31.0 Å². The van der Waals surface area contributed by atoms with Crippen LogP contribution in [0, 0.1) is 5.82 Å². The first-order valence-electron chi connectivity index (χ1n) is 6.41. The number of hydrogen-bond acceptors (Lipinski definition) is 4. The second-order valence-corrected chi connectivity index (χ2v) is 8.17. The summed E-state index contributed by atoms with van der Waals surface area (Å²) in [7, 11) is -5.70. The van der Waals surface area contributed by atoms with Gasteiger partial charge in [0.1, 0.15) is 5.82 Å². The molecule has 0 aliphatic carbocycles. The predicted octanol–water partition coefficient (Wildman–Crippen LogP) is 0.723. The van der Waals surface area contributed by atoms with E-state index < -0.39 is 32.7 Å². The van der Waals surface area contributed by atoms with Crippen molar-refractivity contribution in [2.24, 2.45) is 5.14 Å². The van der Waals surface area contributed by atoms with Crippen LogP contribution in [0.25, 0.3) is 0 Å². The third-order valence-corrected chi connectivity index (χ3v) is 6.22. The smallest absolute Gasteiger partial charge is 0.407 e. The summed E-state index contributed by atoms with van der Waals surface area (Å²) in [5.41, 5.74) is 0. The molecular weight excluding hydrogens is 335 g/mol. The number of nitrogens with two attached hydrogens (primary N) is 1. The average Bonchev–Trinajstić information content (AvgIpc) is 2.45. The van der Waals surface area contributed by atoms with Crippen LogP contribution in [-0.2, 0) is 20.8 Å². The molecule has 1 atom stereocenters. The molecule has 0 bridgehead atoms. The van der Waals surface area contributed by atoms with Crippen LogP contribution in [0.2, 0.25) is 0 Å². The summed E-state index contributed by atoms with van der Waals surface area (Å²) in [6.07, 6.45) is -0.321. The lowest BCUT2D eigenvalue weighted by Gasteiger charge is -2.29. The molecule has 22 heavy (non-hydrogen) atoms. The van der Waals surface area contributed by atoms with Crippen molar-refractivity contribution in [1.29, 1.82) is 0 Å². The number of rotatable bonds is 3. The van der Waals surface area contributed by atoms with Gasteiger partial charge in [-0.3, -0.25) is 4.21 Å². The fourth-order valence-electron chi connectivity index (χ4n) is 2.26. The number of carboxylic acid groups (broad SMARTS) is 1. The van der Waals surface area contributed by atoms with E-state index >= 15 is 0 Å². The van der Waals surface area contributed by atoms with Crippen LogP contribution in [0.5, 0.6) is 0 Å². The Morgan fingerprint density at radius 1 is 1.36 bits per heavy atom. The van der Waals surface area contributed by atoms with Crippen LogP contribution in [-0.4, -0.2) is 47.1 Å². The Kier molecular flexibility index (Phi) is 4.83. The first-order valence-corrected chi connectivity index (χ1v) is 9.17. The molecule has 0 radical (unpaired) electrons. The third kappa shape index (κ3) is 3.62. The molecule has 1 saturated heterocycles. The molecule has 0 spiro atoms. The monoisotopic (exact) mass is 350 g/mol. The Labute approximate surface area is 129 Å². The van der Waals surface area contributed by atoms with Crippen LogP contribution >= 0.6 is 0 Å². The standard InChI is InChI=1S/C12H15FN2O5S2/c13-10-7-9(22(14,19)20)1-2-11(10)21(18)8-3-5-15(6-4-8)12(16)17/h1-2,7-8H,3-6H2,(H,16,17)(H2,14,19,20). The highest BCUT2D eigenvalue weighted by molar-refractivity contribution is 7.89. The number of likely N-dealkylation sites (tertiary alicyclic amines) is 1. The zero-order valence-electron chi connectivity index (χ0n) is 11.4. The molecule has 1 unspecified atom stereocenters. The minimum absolute atomic E-state index is 0.0961. The second-order valence-electron chi connectivity index (χ2n) is 4.90. The van der Waals surface area contributed by atoms with E-state index in [-0.39, 0.29) is 28.1 Å². The summed E-state index contributed by atoms with van der Waals surface area (Å²) in [6.45, 7) is 0.477. The lowest BCUT2D eigenvalue weighted by molar-refractivity contribution is 0.136. The van der Waals surface area contributed by atoms with Crippen molar-refractivity contribution < 1.29 is 26.9 Å². The van der Waals surface area contributed by atoms with Crippen LogP contribution in [0.1, 0.15) is 12.8 Å². The van der Waals surface area contributed by atoms with Gasteiger partial charge in [-0.2, -0.15) is 0 Å². The number of amides is 1.